The van der Waals surface area contributed by atoms with Gasteiger partial charge in [0.2, 0.25) is 5.91 Å². The van der Waals surface area contributed by atoms with Crippen molar-refractivity contribution < 1.29 is 9.59 Å². The van der Waals surface area contributed by atoms with Crippen LogP contribution in [0.25, 0.3) is 17.3 Å². The molecule has 1 aliphatic carbocycles. The van der Waals surface area contributed by atoms with Gasteiger partial charge in [0.25, 0.3) is 0 Å². The van der Waals surface area contributed by atoms with E-state index in [4.69, 9.17) is 5.73 Å². The van der Waals surface area contributed by atoms with Gasteiger partial charge < -0.3 is 10.3 Å². The highest BCUT2D eigenvalue weighted by Gasteiger charge is 2.27. The Hall–Kier alpha value is -3.77. The van der Waals surface area contributed by atoms with Gasteiger partial charge >= 0.3 is 0 Å². The van der Waals surface area contributed by atoms with Crippen LogP contribution in [0.2, 0.25) is 0 Å². The molecule has 1 amide bonds. The van der Waals surface area contributed by atoms with Gasteiger partial charge in [0.15, 0.2) is 5.78 Å². The molecule has 0 saturated heterocycles. The summed E-state index contributed by atoms with van der Waals surface area (Å²) in [4.78, 5) is 29.4. The van der Waals surface area contributed by atoms with Gasteiger partial charge in [-0.3, -0.25) is 9.59 Å². The summed E-state index contributed by atoms with van der Waals surface area (Å²) in [6, 6.07) is 15.8. The van der Waals surface area contributed by atoms with Gasteiger partial charge in [-0.1, -0.05) is 51.0 Å². The topological polar surface area (TPSA) is 78.0 Å². The van der Waals surface area contributed by atoms with Gasteiger partial charge in [-0.25, -0.2) is 4.98 Å². The summed E-state index contributed by atoms with van der Waals surface area (Å²) in [6.07, 6.45) is 12.1. The highest BCUT2D eigenvalue weighted by atomic mass is 32.1. The predicted molar refractivity (Wildman–Crippen MR) is 168 cm³/mol. The molecule has 2 aromatic carbocycles. The normalized spacial score (nSPS) is 12.9. The number of benzene rings is 2. The summed E-state index contributed by atoms with van der Waals surface area (Å²) in [5, 5.41) is 0. The van der Waals surface area contributed by atoms with E-state index in [-0.39, 0.29) is 11.8 Å². The number of Topliss-reactive ketones (excluding diaryl/α,β-unsaturated/α-hetero) is 1. The molecule has 1 fully saturated rings. The number of carbonyl (C=O) groups excluding carboxylic acids is 2. The summed E-state index contributed by atoms with van der Waals surface area (Å²) in [5.74, 6) is 0.233. The number of imidazole rings is 1. The minimum Gasteiger partial charge on any atom is -0.366 e. The average Bonchev–Trinajstić information content (AvgIpc) is 3.59. The Kier molecular flexibility index (Phi) is 11.2. The molecule has 0 radical (unpaired) electrons. The molecular weight excluding hydrogens is 514 g/mol. The Morgan fingerprint density at radius 1 is 1.02 bits per heavy atom. The number of nitrogens with zero attached hydrogens (tertiary/aromatic N) is 2. The lowest BCUT2D eigenvalue weighted by Crippen LogP contribution is -2.20. The molecule has 0 bridgehead atoms. The van der Waals surface area contributed by atoms with Gasteiger partial charge in [-0.15, -0.1) is 11.3 Å². The van der Waals surface area contributed by atoms with Crippen molar-refractivity contribution in [1.29, 1.82) is 0 Å². The van der Waals surface area contributed by atoms with Crippen LogP contribution in [0.1, 0.15) is 93.6 Å². The van der Waals surface area contributed by atoms with E-state index in [0.717, 1.165) is 35.4 Å². The lowest BCUT2D eigenvalue weighted by atomic mass is 9.82. The molecule has 0 atom stereocenters. The van der Waals surface area contributed by atoms with E-state index < -0.39 is 0 Å². The van der Waals surface area contributed by atoms with Crippen LogP contribution in [-0.2, 0) is 0 Å². The zero-order valence-corrected chi connectivity index (χ0v) is 25.3. The number of aromatic nitrogens is 2. The van der Waals surface area contributed by atoms with Crippen molar-refractivity contribution >= 4 is 34.7 Å². The fourth-order valence-electron chi connectivity index (χ4n) is 4.46. The standard InChI is InChI=1S/C24H26N2OS.C8H9NO.C2H6/c1-4-18(21-9-8-20(12-16(21)2)26-11-10-25-15-26)14-22-17(3)13-23(28-22)24(27)19-6-5-7-19;1-6-2-4-7(5-3-6)8(9)10;1-2/h8-15,19H,4-7H2,1-3H3;2-5H,1H3,(H2,9,10);1-2H3/b18-14+;;. The number of hydrogen-bond donors (Lipinski definition) is 1. The highest BCUT2D eigenvalue weighted by molar-refractivity contribution is 7.15. The van der Waals surface area contributed by atoms with E-state index in [1.807, 2.05) is 50.0 Å². The molecule has 40 heavy (non-hydrogen) atoms. The van der Waals surface area contributed by atoms with Crippen LogP contribution >= 0.6 is 11.3 Å². The van der Waals surface area contributed by atoms with E-state index in [1.54, 1.807) is 29.7 Å². The third-order valence-corrected chi connectivity index (χ3v) is 8.25. The number of thiophene rings is 1. The van der Waals surface area contributed by atoms with Crippen molar-refractivity contribution in [3.8, 4) is 5.69 Å². The number of hydrogen-bond acceptors (Lipinski definition) is 4. The Bertz CT molecular complexity index is 1440. The van der Waals surface area contributed by atoms with E-state index in [0.29, 0.717) is 11.3 Å². The van der Waals surface area contributed by atoms with Crippen molar-refractivity contribution in [2.24, 2.45) is 11.7 Å². The van der Waals surface area contributed by atoms with Crippen LogP contribution in [0.4, 0.5) is 0 Å². The first-order chi connectivity index (χ1) is 19.3. The molecule has 2 aromatic heterocycles. The highest BCUT2D eigenvalue weighted by Crippen LogP contribution is 2.35. The summed E-state index contributed by atoms with van der Waals surface area (Å²) in [7, 11) is 0. The quantitative estimate of drug-likeness (QED) is 0.232. The first kappa shape index (κ1) is 30.8. The maximum Gasteiger partial charge on any atom is 0.248 e. The first-order valence-corrected chi connectivity index (χ1v) is 14.9. The lowest BCUT2D eigenvalue weighted by Gasteiger charge is -2.22. The number of nitrogens with two attached hydrogens (primary N) is 1. The Morgan fingerprint density at radius 3 is 2.25 bits per heavy atom. The zero-order valence-electron chi connectivity index (χ0n) is 24.5. The summed E-state index contributed by atoms with van der Waals surface area (Å²) < 4.78 is 2.02. The summed E-state index contributed by atoms with van der Waals surface area (Å²) >= 11 is 1.65. The van der Waals surface area contributed by atoms with Gasteiger partial charge in [0, 0.05) is 34.4 Å². The monoisotopic (exact) mass is 555 g/mol. The Balaban J connectivity index is 0.000000309. The van der Waals surface area contributed by atoms with Gasteiger partial charge in [0.1, 0.15) is 0 Å². The maximum atomic E-state index is 12.6. The van der Waals surface area contributed by atoms with E-state index in [1.165, 1.54) is 33.6 Å². The number of ketones is 1. The maximum absolute atomic E-state index is 12.6. The average molecular weight is 556 g/mol. The molecule has 0 aliphatic heterocycles. The molecular formula is C34H41N3O2S. The minimum absolute atomic E-state index is 0.262. The molecule has 0 spiro atoms. The molecule has 210 valence electrons. The van der Waals surface area contributed by atoms with Crippen molar-refractivity contribution in [3.63, 3.8) is 0 Å². The van der Waals surface area contributed by atoms with Crippen molar-refractivity contribution in [2.45, 2.75) is 67.2 Å². The number of amides is 1. The predicted octanol–water partition coefficient (Wildman–Crippen LogP) is 8.60. The van der Waals surface area contributed by atoms with Crippen molar-refractivity contribution in [1.82, 2.24) is 9.55 Å². The number of rotatable bonds is 7. The van der Waals surface area contributed by atoms with Crippen LogP contribution in [-0.4, -0.2) is 21.2 Å². The number of carbonyl (C=O) groups is 2. The van der Waals surface area contributed by atoms with E-state index in [9.17, 15) is 9.59 Å². The van der Waals surface area contributed by atoms with Crippen LogP contribution in [0.15, 0.2) is 67.3 Å². The first-order valence-electron chi connectivity index (χ1n) is 14.1. The van der Waals surface area contributed by atoms with Gasteiger partial charge in [-0.05, 0) is 98.7 Å². The van der Waals surface area contributed by atoms with E-state index in [2.05, 4.69) is 56.1 Å². The molecule has 1 saturated carbocycles. The lowest BCUT2D eigenvalue weighted by molar-refractivity contribution is 0.0859. The molecule has 4 aromatic rings. The molecule has 6 heteroatoms. The molecule has 5 nitrogen and oxygen atoms in total. The second-order valence-corrected chi connectivity index (χ2v) is 11.0. The van der Waals surface area contributed by atoms with Crippen molar-refractivity contribution in [2.75, 3.05) is 0 Å². The van der Waals surface area contributed by atoms with Crippen LogP contribution in [0.3, 0.4) is 0 Å². The molecule has 2 N–H and O–H groups in total. The zero-order chi connectivity index (χ0) is 29.2. The van der Waals surface area contributed by atoms with Crippen molar-refractivity contribution in [3.05, 3.63) is 105 Å². The molecule has 0 unspecified atom stereocenters. The largest absolute Gasteiger partial charge is 0.366 e. The Morgan fingerprint density at radius 2 is 1.73 bits per heavy atom. The Labute approximate surface area is 242 Å². The smallest absolute Gasteiger partial charge is 0.248 e. The van der Waals surface area contributed by atoms with Gasteiger partial charge in [-0.2, -0.15) is 0 Å². The minimum atomic E-state index is -0.375. The molecule has 5 rings (SSSR count). The SMILES string of the molecule is CC.CC/C(=C\c1sc(C(=O)C2CCC2)cc1C)c1ccc(-n2ccnc2)cc1C.Cc1ccc(C(N)=O)cc1. The number of allylic oxidation sites excluding steroid dienone is 1. The fourth-order valence-corrected chi connectivity index (χ4v) is 5.62. The summed E-state index contributed by atoms with van der Waals surface area (Å²) in [5.41, 5.74) is 12.9. The number of primary amides is 1. The number of aryl methyl sites for hydroxylation is 3. The third-order valence-electron chi connectivity index (χ3n) is 7.06. The van der Waals surface area contributed by atoms with Crippen LogP contribution in [0, 0.1) is 26.7 Å². The van der Waals surface area contributed by atoms with Gasteiger partial charge in [0.05, 0.1) is 11.2 Å². The van der Waals surface area contributed by atoms with E-state index >= 15 is 0 Å². The molecule has 1 aliphatic rings. The third kappa shape index (κ3) is 7.66. The molecule has 2 heterocycles. The van der Waals surface area contributed by atoms with Crippen LogP contribution < -0.4 is 5.73 Å². The summed E-state index contributed by atoms with van der Waals surface area (Å²) in [6.45, 7) is 12.4. The van der Waals surface area contributed by atoms with Crippen LogP contribution in [0.5, 0.6) is 0 Å². The second-order valence-electron chi connectivity index (χ2n) is 9.87. The second kappa shape index (κ2) is 14.6. The fraction of sp³-hybridized carbons (Fsp3) is 0.324.